The summed E-state index contributed by atoms with van der Waals surface area (Å²) in [5, 5.41) is 0. The van der Waals surface area contributed by atoms with Gasteiger partial charge >= 0.3 is 0 Å². The third-order valence-electron chi connectivity index (χ3n) is 5.87. The molecule has 3 heteroatoms. The van der Waals surface area contributed by atoms with Crippen molar-refractivity contribution in [3.8, 4) is 0 Å². The molecule has 1 fully saturated rings. The van der Waals surface area contributed by atoms with Crippen molar-refractivity contribution >= 4 is 0 Å². The summed E-state index contributed by atoms with van der Waals surface area (Å²) in [6.07, 6.45) is 2.64. The standard InChI is InChI=1S/C22H29N3/c1-17-9-10-19-15-25(21(14-23)20(19)13-17)16-22(24-11-5-6-12-24)18-7-3-2-4-8-18/h2-4,7-10,13,21-22H,5-6,11-12,14-16,23H2,1H3. The van der Waals surface area contributed by atoms with Crippen molar-refractivity contribution in [3.05, 3.63) is 70.8 Å². The molecule has 2 unspecified atom stereocenters. The fraction of sp³-hybridized carbons (Fsp3) is 0.455. The van der Waals surface area contributed by atoms with E-state index >= 15 is 0 Å². The molecule has 2 atom stereocenters. The molecule has 0 saturated carbocycles. The van der Waals surface area contributed by atoms with Gasteiger partial charge < -0.3 is 5.73 Å². The summed E-state index contributed by atoms with van der Waals surface area (Å²) in [4.78, 5) is 5.26. The molecular formula is C22H29N3. The number of likely N-dealkylation sites (tertiary alicyclic amines) is 1. The summed E-state index contributed by atoms with van der Waals surface area (Å²) in [7, 11) is 0. The molecule has 4 rings (SSSR count). The van der Waals surface area contributed by atoms with Gasteiger partial charge in [0.2, 0.25) is 0 Å². The molecule has 2 aliphatic heterocycles. The lowest BCUT2D eigenvalue weighted by molar-refractivity contribution is 0.135. The van der Waals surface area contributed by atoms with Crippen LogP contribution in [0.4, 0.5) is 0 Å². The molecule has 2 aromatic carbocycles. The van der Waals surface area contributed by atoms with Crippen LogP contribution in [-0.2, 0) is 6.54 Å². The van der Waals surface area contributed by atoms with Gasteiger partial charge in [0.1, 0.15) is 0 Å². The Balaban J connectivity index is 1.60. The number of fused-ring (bicyclic) bond motifs is 1. The molecule has 2 aliphatic rings. The molecule has 3 nitrogen and oxygen atoms in total. The van der Waals surface area contributed by atoms with Crippen LogP contribution in [0.5, 0.6) is 0 Å². The second kappa shape index (κ2) is 7.28. The highest BCUT2D eigenvalue weighted by Crippen LogP contribution is 2.36. The minimum absolute atomic E-state index is 0.351. The Morgan fingerprint density at radius 3 is 2.56 bits per heavy atom. The van der Waals surface area contributed by atoms with Crippen molar-refractivity contribution in [2.45, 2.75) is 38.4 Å². The van der Waals surface area contributed by atoms with E-state index in [2.05, 4.69) is 65.3 Å². The molecule has 0 bridgehead atoms. The largest absolute Gasteiger partial charge is 0.329 e. The average molecular weight is 335 g/mol. The van der Waals surface area contributed by atoms with E-state index in [-0.39, 0.29) is 0 Å². The Morgan fingerprint density at radius 2 is 1.84 bits per heavy atom. The molecule has 0 radical (unpaired) electrons. The first-order valence-electron chi connectivity index (χ1n) is 9.59. The highest BCUT2D eigenvalue weighted by Gasteiger charge is 2.33. The van der Waals surface area contributed by atoms with Gasteiger partial charge in [0.15, 0.2) is 0 Å². The third-order valence-corrected chi connectivity index (χ3v) is 5.87. The lowest BCUT2D eigenvalue weighted by Gasteiger charge is -2.34. The Morgan fingerprint density at radius 1 is 1.08 bits per heavy atom. The maximum atomic E-state index is 6.20. The maximum Gasteiger partial charge on any atom is 0.0478 e. The SMILES string of the molecule is Cc1ccc2c(c1)C(CN)N(CC(c1ccccc1)N1CCCC1)C2. The van der Waals surface area contributed by atoms with Crippen LogP contribution in [0, 0.1) is 6.92 Å². The van der Waals surface area contributed by atoms with Gasteiger partial charge in [0, 0.05) is 31.7 Å². The van der Waals surface area contributed by atoms with Gasteiger partial charge in [-0.05, 0) is 49.5 Å². The average Bonchev–Trinajstić information content (AvgIpc) is 3.27. The summed E-state index contributed by atoms with van der Waals surface area (Å²) in [6, 6.07) is 18.7. The molecular weight excluding hydrogens is 306 g/mol. The molecule has 0 amide bonds. The van der Waals surface area contributed by atoms with E-state index in [1.165, 1.54) is 48.2 Å². The van der Waals surface area contributed by atoms with Gasteiger partial charge in [-0.1, -0.05) is 54.1 Å². The van der Waals surface area contributed by atoms with Gasteiger partial charge in [0.05, 0.1) is 0 Å². The predicted octanol–water partition coefficient (Wildman–Crippen LogP) is 3.65. The Labute approximate surface area is 151 Å². The van der Waals surface area contributed by atoms with Crippen molar-refractivity contribution < 1.29 is 0 Å². The van der Waals surface area contributed by atoms with E-state index < -0.39 is 0 Å². The molecule has 132 valence electrons. The minimum Gasteiger partial charge on any atom is -0.329 e. The molecule has 0 spiro atoms. The second-order valence-electron chi connectivity index (χ2n) is 7.55. The summed E-state index contributed by atoms with van der Waals surface area (Å²) >= 11 is 0. The molecule has 2 N–H and O–H groups in total. The van der Waals surface area contributed by atoms with Gasteiger partial charge in [0.25, 0.3) is 0 Å². The lowest BCUT2D eigenvalue weighted by atomic mass is 10.0. The number of nitrogens with zero attached hydrogens (tertiary/aromatic N) is 2. The number of aryl methyl sites for hydroxylation is 1. The van der Waals surface area contributed by atoms with Gasteiger partial charge in [-0.3, -0.25) is 9.80 Å². The normalized spacial score (nSPS) is 22.2. The monoisotopic (exact) mass is 335 g/mol. The molecule has 0 aromatic heterocycles. The van der Waals surface area contributed by atoms with E-state index in [9.17, 15) is 0 Å². The number of nitrogens with two attached hydrogens (primary N) is 1. The fourth-order valence-electron chi connectivity index (χ4n) is 4.54. The van der Waals surface area contributed by atoms with E-state index in [0.717, 1.165) is 13.1 Å². The summed E-state index contributed by atoms with van der Waals surface area (Å²) in [5.74, 6) is 0. The summed E-state index contributed by atoms with van der Waals surface area (Å²) < 4.78 is 0. The van der Waals surface area contributed by atoms with Crippen LogP contribution in [0.3, 0.4) is 0 Å². The van der Waals surface area contributed by atoms with Crippen molar-refractivity contribution in [1.82, 2.24) is 9.80 Å². The maximum absolute atomic E-state index is 6.20. The minimum atomic E-state index is 0.351. The Kier molecular flexibility index (Phi) is 4.89. The topological polar surface area (TPSA) is 32.5 Å². The molecule has 2 heterocycles. The smallest absolute Gasteiger partial charge is 0.0478 e. The highest BCUT2D eigenvalue weighted by molar-refractivity contribution is 5.38. The molecule has 25 heavy (non-hydrogen) atoms. The Hall–Kier alpha value is -1.68. The van der Waals surface area contributed by atoms with E-state index in [0.29, 0.717) is 18.6 Å². The van der Waals surface area contributed by atoms with Crippen LogP contribution in [0.25, 0.3) is 0 Å². The third kappa shape index (κ3) is 3.37. The van der Waals surface area contributed by atoms with Crippen LogP contribution in [0.15, 0.2) is 48.5 Å². The predicted molar refractivity (Wildman–Crippen MR) is 103 cm³/mol. The second-order valence-corrected chi connectivity index (χ2v) is 7.55. The quantitative estimate of drug-likeness (QED) is 0.905. The zero-order valence-electron chi connectivity index (χ0n) is 15.2. The summed E-state index contributed by atoms with van der Waals surface area (Å²) in [5.41, 5.74) is 11.9. The molecule has 2 aromatic rings. The van der Waals surface area contributed by atoms with Crippen molar-refractivity contribution in [2.24, 2.45) is 5.73 Å². The van der Waals surface area contributed by atoms with Crippen LogP contribution in [0.2, 0.25) is 0 Å². The van der Waals surface area contributed by atoms with Crippen molar-refractivity contribution in [3.63, 3.8) is 0 Å². The van der Waals surface area contributed by atoms with Gasteiger partial charge in [-0.2, -0.15) is 0 Å². The Bertz CT molecular complexity index is 706. The zero-order chi connectivity index (χ0) is 17.2. The van der Waals surface area contributed by atoms with Crippen LogP contribution >= 0.6 is 0 Å². The van der Waals surface area contributed by atoms with E-state index in [1.807, 2.05) is 0 Å². The van der Waals surface area contributed by atoms with Crippen LogP contribution in [-0.4, -0.2) is 36.0 Å². The van der Waals surface area contributed by atoms with Crippen LogP contribution in [0.1, 0.15) is 47.2 Å². The van der Waals surface area contributed by atoms with E-state index in [1.54, 1.807) is 0 Å². The fourth-order valence-corrected chi connectivity index (χ4v) is 4.54. The van der Waals surface area contributed by atoms with Crippen molar-refractivity contribution in [1.29, 1.82) is 0 Å². The summed E-state index contributed by atoms with van der Waals surface area (Å²) in [6.45, 7) is 7.37. The zero-order valence-corrected chi connectivity index (χ0v) is 15.2. The van der Waals surface area contributed by atoms with Gasteiger partial charge in [-0.15, -0.1) is 0 Å². The first-order valence-corrected chi connectivity index (χ1v) is 9.59. The number of benzene rings is 2. The first kappa shape index (κ1) is 16.8. The highest BCUT2D eigenvalue weighted by atomic mass is 15.3. The van der Waals surface area contributed by atoms with Crippen molar-refractivity contribution in [2.75, 3.05) is 26.2 Å². The number of hydrogen-bond donors (Lipinski definition) is 1. The van der Waals surface area contributed by atoms with Gasteiger partial charge in [-0.25, -0.2) is 0 Å². The number of hydrogen-bond acceptors (Lipinski definition) is 3. The first-order chi connectivity index (χ1) is 12.3. The number of rotatable bonds is 5. The molecule has 0 aliphatic carbocycles. The van der Waals surface area contributed by atoms with Crippen LogP contribution < -0.4 is 5.73 Å². The van der Waals surface area contributed by atoms with E-state index in [4.69, 9.17) is 5.73 Å². The lowest BCUT2D eigenvalue weighted by Crippen LogP contribution is -2.38. The molecule has 1 saturated heterocycles.